The highest BCUT2D eigenvalue weighted by atomic mass is 15.3. The molecule has 2 N–H and O–H groups in total. The second-order valence-electron chi connectivity index (χ2n) is 4.81. The van der Waals surface area contributed by atoms with E-state index in [-0.39, 0.29) is 6.04 Å². The number of benzene rings is 1. The van der Waals surface area contributed by atoms with E-state index in [0.717, 1.165) is 16.9 Å². The number of nitrogen functional groups attached to an aromatic ring is 1. The third-order valence-electron chi connectivity index (χ3n) is 3.38. The highest BCUT2D eigenvalue weighted by Crippen LogP contribution is 2.26. The lowest BCUT2D eigenvalue weighted by molar-refractivity contribution is 0.594. The average Bonchev–Trinajstić information content (AvgIpc) is 2.91. The zero-order valence-corrected chi connectivity index (χ0v) is 11.2. The van der Waals surface area contributed by atoms with E-state index in [4.69, 9.17) is 5.73 Å². The summed E-state index contributed by atoms with van der Waals surface area (Å²) < 4.78 is 3.89. The molecule has 2 aromatic heterocycles. The number of hydrogen-bond acceptors (Lipinski definition) is 4. The van der Waals surface area contributed by atoms with Gasteiger partial charge in [-0.2, -0.15) is 0 Å². The van der Waals surface area contributed by atoms with Crippen molar-refractivity contribution in [2.75, 3.05) is 5.73 Å². The van der Waals surface area contributed by atoms with Gasteiger partial charge in [-0.1, -0.05) is 6.07 Å². The van der Waals surface area contributed by atoms with E-state index in [9.17, 15) is 0 Å². The molecule has 2 heterocycles. The number of nitrogens with two attached hydrogens (primary N) is 1. The molecule has 1 unspecified atom stereocenters. The lowest BCUT2D eigenvalue weighted by Gasteiger charge is -2.15. The number of fused-ring (bicyclic) bond motifs is 1. The van der Waals surface area contributed by atoms with Crippen LogP contribution in [0.2, 0.25) is 0 Å². The number of aromatic nitrogens is 5. The summed E-state index contributed by atoms with van der Waals surface area (Å²) in [5, 5.41) is 8.07. The summed E-state index contributed by atoms with van der Waals surface area (Å²) in [5.41, 5.74) is 9.16. The van der Waals surface area contributed by atoms with Gasteiger partial charge in [0.15, 0.2) is 5.82 Å². The standard InChI is InChI=1S/C13H16N6/c1-8-4-5-10-11(6-8)19(13(14)16-10)9(2)12-17-15-7-18(12)3/h4-7,9H,1-3H3,(H2,14,16). The number of aryl methyl sites for hydroxylation is 2. The van der Waals surface area contributed by atoms with Crippen LogP contribution in [0, 0.1) is 6.92 Å². The molecule has 0 aliphatic heterocycles. The zero-order valence-electron chi connectivity index (χ0n) is 11.2. The molecule has 3 aromatic rings. The topological polar surface area (TPSA) is 74.6 Å². The molecule has 0 fully saturated rings. The molecule has 0 radical (unpaired) electrons. The summed E-state index contributed by atoms with van der Waals surface area (Å²) in [4.78, 5) is 4.40. The molecule has 3 rings (SSSR count). The Morgan fingerprint density at radius 1 is 1.32 bits per heavy atom. The van der Waals surface area contributed by atoms with Gasteiger partial charge in [0.2, 0.25) is 5.95 Å². The van der Waals surface area contributed by atoms with E-state index in [1.807, 2.05) is 35.2 Å². The summed E-state index contributed by atoms with van der Waals surface area (Å²) in [6.07, 6.45) is 1.69. The smallest absolute Gasteiger partial charge is 0.201 e. The summed E-state index contributed by atoms with van der Waals surface area (Å²) in [5.74, 6) is 1.35. The van der Waals surface area contributed by atoms with Gasteiger partial charge in [0, 0.05) is 7.05 Å². The molecule has 0 aliphatic carbocycles. The third-order valence-corrected chi connectivity index (χ3v) is 3.38. The van der Waals surface area contributed by atoms with Gasteiger partial charge in [-0.25, -0.2) is 4.98 Å². The first-order chi connectivity index (χ1) is 9.08. The van der Waals surface area contributed by atoms with Gasteiger partial charge in [-0.05, 0) is 31.5 Å². The van der Waals surface area contributed by atoms with Gasteiger partial charge in [0.1, 0.15) is 6.33 Å². The Bertz CT molecular complexity index is 739. The Balaban J connectivity index is 2.22. The van der Waals surface area contributed by atoms with Crippen molar-refractivity contribution in [1.29, 1.82) is 0 Å². The summed E-state index contributed by atoms with van der Waals surface area (Å²) in [6.45, 7) is 4.10. The molecule has 1 aromatic carbocycles. The van der Waals surface area contributed by atoms with Crippen LogP contribution < -0.4 is 5.73 Å². The highest BCUT2D eigenvalue weighted by molar-refractivity contribution is 5.79. The van der Waals surface area contributed by atoms with E-state index in [2.05, 4.69) is 28.2 Å². The summed E-state index contributed by atoms with van der Waals surface area (Å²) in [7, 11) is 1.92. The van der Waals surface area contributed by atoms with Crippen LogP contribution in [0.15, 0.2) is 24.5 Å². The van der Waals surface area contributed by atoms with Crippen molar-refractivity contribution < 1.29 is 0 Å². The second-order valence-corrected chi connectivity index (χ2v) is 4.81. The maximum Gasteiger partial charge on any atom is 0.201 e. The Morgan fingerprint density at radius 2 is 2.11 bits per heavy atom. The Labute approximate surface area is 110 Å². The van der Waals surface area contributed by atoms with Crippen molar-refractivity contribution in [3.63, 3.8) is 0 Å². The maximum atomic E-state index is 6.05. The van der Waals surface area contributed by atoms with E-state index in [1.54, 1.807) is 6.33 Å². The van der Waals surface area contributed by atoms with Crippen molar-refractivity contribution in [3.05, 3.63) is 35.9 Å². The number of hydrogen-bond donors (Lipinski definition) is 1. The molecular formula is C13H16N6. The number of nitrogens with zero attached hydrogens (tertiary/aromatic N) is 5. The fourth-order valence-electron chi connectivity index (χ4n) is 2.41. The van der Waals surface area contributed by atoms with Crippen molar-refractivity contribution in [1.82, 2.24) is 24.3 Å². The van der Waals surface area contributed by atoms with Gasteiger partial charge in [0.25, 0.3) is 0 Å². The van der Waals surface area contributed by atoms with Gasteiger partial charge < -0.3 is 10.3 Å². The highest BCUT2D eigenvalue weighted by Gasteiger charge is 2.19. The minimum absolute atomic E-state index is 0.0145. The Kier molecular flexibility index (Phi) is 2.51. The molecule has 0 aliphatic rings. The van der Waals surface area contributed by atoms with Crippen LogP contribution in [-0.4, -0.2) is 24.3 Å². The van der Waals surface area contributed by atoms with Crippen LogP contribution in [0.1, 0.15) is 24.4 Å². The van der Waals surface area contributed by atoms with Crippen LogP contribution in [0.3, 0.4) is 0 Å². The SMILES string of the molecule is Cc1ccc2nc(N)n(C(C)c3nncn3C)c2c1. The van der Waals surface area contributed by atoms with E-state index in [1.165, 1.54) is 5.56 Å². The molecule has 0 saturated carbocycles. The second kappa shape index (κ2) is 4.08. The first kappa shape index (κ1) is 11.7. The van der Waals surface area contributed by atoms with Crippen molar-refractivity contribution in [3.8, 4) is 0 Å². The van der Waals surface area contributed by atoms with Gasteiger partial charge in [-0.15, -0.1) is 10.2 Å². The lowest BCUT2D eigenvalue weighted by Crippen LogP contribution is -2.14. The number of rotatable bonds is 2. The van der Waals surface area contributed by atoms with Crippen molar-refractivity contribution >= 4 is 17.0 Å². The Hall–Kier alpha value is -2.37. The minimum Gasteiger partial charge on any atom is -0.369 e. The quantitative estimate of drug-likeness (QED) is 0.756. The predicted octanol–water partition coefficient (Wildman–Crippen LogP) is 1.66. The fraction of sp³-hybridized carbons (Fsp3) is 0.308. The van der Waals surface area contributed by atoms with Crippen LogP contribution in [0.25, 0.3) is 11.0 Å². The molecule has 19 heavy (non-hydrogen) atoms. The average molecular weight is 256 g/mol. The first-order valence-corrected chi connectivity index (χ1v) is 6.16. The van der Waals surface area contributed by atoms with Crippen LogP contribution >= 0.6 is 0 Å². The van der Waals surface area contributed by atoms with Gasteiger partial charge in [-0.3, -0.25) is 4.57 Å². The number of imidazole rings is 1. The predicted molar refractivity (Wildman–Crippen MR) is 73.7 cm³/mol. The fourth-order valence-corrected chi connectivity index (χ4v) is 2.41. The lowest BCUT2D eigenvalue weighted by atomic mass is 10.2. The summed E-state index contributed by atoms with van der Waals surface area (Å²) in [6, 6.07) is 6.10. The molecule has 6 nitrogen and oxygen atoms in total. The maximum absolute atomic E-state index is 6.05. The third kappa shape index (κ3) is 1.76. The largest absolute Gasteiger partial charge is 0.369 e. The Morgan fingerprint density at radius 3 is 2.79 bits per heavy atom. The normalized spacial score (nSPS) is 13.0. The molecule has 0 amide bonds. The minimum atomic E-state index is -0.0145. The van der Waals surface area contributed by atoms with Gasteiger partial charge in [0.05, 0.1) is 17.1 Å². The van der Waals surface area contributed by atoms with Crippen LogP contribution in [0.4, 0.5) is 5.95 Å². The zero-order chi connectivity index (χ0) is 13.6. The molecule has 1 atom stereocenters. The van der Waals surface area contributed by atoms with Crippen molar-refractivity contribution in [2.24, 2.45) is 7.05 Å². The molecule has 6 heteroatoms. The van der Waals surface area contributed by atoms with E-state index < -0.39 is 0 Å². The van der Waals surface area contributed by atoms with Crippen LogP contribution in [-0.2, 0) is 7.05 Å². The molecule has 0 bridgehead atoms. The molecule has 0 spiro atoms. The van der Waals surface area contributed by atoms with Gasteiger partial charge >= 0.3 is 0 Å². The monoisotopic (exact) mass is 256 g/mol. The van der Waals surface area contributed by atoms with Crippen molar-refractivity contribution in [2.45, 2.75) is 19.9 Å². The van der Waals surface area contributed by atoms with Crippen LogP contribution in [0.5, 0.6) is 0 Å². The molecule has 98 valence electrons. The molecule has 0 saturated heterocycles. The molecular weight excluding hydrogens is 240 g/mol. The van der Waals surface area contributed by atoms with E-state index >= 15 is 0 Å². The van der Waals surface area contributed by atoms with E-state index in [0.29, 0.717) is 5.95 Å². The number of anilines is 1. The summed E-state index contributed by atoms with van der Waals surface area (Å²) >= 11 is 0. The first-order valence-electron chi connectivity index (χ1n) is 6.16.